The molecular weight excluding hydrogens is 280 g/mol. The van der Waals surface area contributed by atoms with Gasteiger partial charge in [0, 0.05) is 16.8 Å². The van der Waals surface area contributed by atoms with Crippen molar-refractivity contribution < 1.29 is 14.7 Å². The van der Waals surface area contributed by atoms with Crippen LogP contribution in [0.1, 0.15) is 13.3 Å². The molecule has 2 amide bonds. The molecule has 20 heavy (non-hydrogen) atoms. The van der Waals surface area contributed by atoms with Crippen molar-refractivity contribution in [2.24, 2.45) is 0 Å². The van der Waals surface area contributed by atoms with Gasteiger partial charge in [-0.25, -0.2) is 4.79 Å². The smallest absolute Gasteiger partial charge is 0.323 e. The van der Waals surface area contributed by atoms with Gasteiger partial charge < -0.3 is 10.4 Å². The van der Waals surface area contributed by atoms with Gasteiger partial charge >= 0.3 is 12.0 Å². The number of halogens is 1. The summed E-state index contributed by atoms with van der Waals surface area (Å²) < 4.78 is 0. The number of carboxylic acid groups (broad SMARTS) is 1. The molecule has 0 aliphatic carbocycles. The maximum absolute atomic E-state index is 12.1. The fourth-order valence-corrected chi connectivity index (χ4v) is 1.84. The number of hydrogen-bond acceptors (Lipinski definition) is 2. The maximum Gasteiger partial charge on any atom is 0.323 e. The van der Waals surface area contributed by atoms with Crippen LogP contribution in [0.3, 0.4) is 0 Å². The average Bonchev–Trinajstić information content (AvgIpc) is 2.35. The third-order valence-corrected chi connectivity index (χ3v) is 2.78. The first-order chi connectivity index (χ1) is 9.43. The van der Waals surface area contributed by atoms with Crippen molar-refractivity contribution in [1.82, 2.24) is 5.32 Å². The van der Waals surface area contributed by atoms with Gasteiger partial charge in [-0.1, -0.05) is 23.7 Å². The second-order valence-electron chi connectivity index (χ2n) is 4.33. The third-order valence-electron chi connectivity index (χ3n) is 2.55. The fraction of sp³-hybridized carbons (Fsp3) is 0.286. The number of nitrogens with one attached hydrogen (secondary N) is 1. The van der Waals surface area contributed by atoms with Gasteiger partial charge in [0.2, 0.25) is 0 Å². The molecule has 1 aromatic rings. The fourth-order valence-electron chi connectivity index (χ4n) is 1.66. The topological polar surface area (TPSA) is 69.6 Å². The highest BCUT2D eigenvalue weighted by atomic mass is 35.5. The van der Waals surface area contributed by atoms with E-state index in [-0.39, 0.29) is 6.04 Å². The van der Waals surface area contributed by atoms with Crippen LogP contribution >= 0.6 is 11.6 Å². The second kappa shape index (κ2) is 7.55. The lowest BCUT2D eigenvalue weighted by Crippen LogP contribution is -2.46. The second-order valence-corrected chi connectivity index (χ2v) is 4.77. The van der Waals surface area contributed by atoms with Crippen LogP contribution in [-0.4, -0.2) is 29.7 Å². The molecule has 0 aliphatic rings. The molecule has 0 aliphatic heterocycles. The van der Waals surface area contributed by atoms with Crippen molar-refractivity contribution in [1.29, 1.82) is 0 Å². The van der Waals surface area contributed by atoms with E-state index in [2.05, 4.69) is 11.9 Å². The van der Waals surface area contributed by atoms with E-state index in [1.807, 2.05) is 6.92 Å². The first-order valence-corrected chi connectivity index (χ1v) is 6.48. The average molecular weight is 297 g/mol. The van der Waals surface area contributed by atoms with E-state index in [1.165, 1.54) is 0 Å². The van der Waals surface area contributed by atoms with Crippen LogP contribution in [0.25, 0.3) is 0 Å². The summed E-state index contributed by atoms with van der Waals surface area (Å²) >= 11 is 5.87. The highest BCUT2D eigenvalue weighted by molar-refractivity contribution is 6.30. The minimum atomic E-state index is -1.10. The molecule has 1 unspecified atom stereocenters. The van der Waals surface area contributed by atoms with Crippen molar-refractivity contribution in [2.45, 2.75) is 19.4 Å². The van der Waals surface area contributed by atoms with Crippen molar-refractivity contribution in [3.05, 3.63) is 41.9 Å². The molecule has 0 saturated heterocycles. The number of nitrogens with zero attached hydrogens (tertiary/aromatic N) is 1. The first-order valence-electron chi connectivity index (χ1n) is 6.10. The highest BCUT2D eigenvalue weighted by Crippen LogP contribution is 2.19. The molecule has 0 fully saturated rings. The zero-order valence-corrected chi connectivity index (χ0v) is 11.9. The lowest BCUT2D eigenvalue weighted by molar-refractivity contribution is -0.135. The lowest BCUT2D eigenvalue weighted by Gasteiger charge is -2.23. The third kappa shape index (κ3) is 4.93. The van der Waals surface area contributed by atoms with Gasteiger partial charge in [-0.2, -0.15) is 0 Å². The number of benzene rings is 1. The molecule has 108 valence electrons. The predicted octanol–water partition coefficient (Wildman–Crippen LogP) is 2.91. The standard InChI is InChI=1S/C14H17ClN2O3/c1-3-5-10(2)16-14(20)17(9-13(18)19)12-7-4-6-11(15)8-12/h3-4,6-8,10H,1,5,9H2,2H3,(H,16,20)(H,18,19). The van der Waals surface area contributed by atoms with E-state index in [4.69, 9.17) is 16.7 Å². The van der Waals surface area contributed by atoms with Crippen LogP contribution in [0.4, 0.5) is 10.5 Å². The molecule has 0 radical (unpaired) electrons. The van der Waals surface area contributed by atoms with E-state index >= 15 is 0 Å². The number of urea groups is 1. The van der Waals surface area contributed by atoms with Crippen LogP contribution < -0.4 is 10.2 Å². The van der Waals surface area contributed by atoms with Crippen molar-refractivity contribution in [3.63, 3.8) is 0 Å². The Bertz CT molecular complexity index is 505. The van der Waals surface area contributed by atoms with Crippen molar-refractivity contribution in [3.8, 4) is 0 Å². The molecule has 0 saturated carbocycles. The predicted molar refractivity (Wildman–Crippen MR) is 79.2 cm³/mol. The van der Waals surface area contributed by atoms with Gasteiger partial charge in [-0.15, -0.1) is 6.58 Å². The van der Waals surface area contributed by atoms with E-state index in [1.54, 1.807) is 30.3 Å². The van der Waals surface area contributed by atoms with Gasteiger partial charge in [0.25, 0.3) is 0 Å². The summed E-state index contributed by atoms with van der Waals surface area (Å²) in [7, 11) is 0. The summed E-state index contributed by atoms with van der Waals surface area (Å²) in [5.41, 5.74) is 0.434. The van der Waals surface area contributed by atoms with E-state index in [9.17, 15) is 9.59 Å². The Labute approximate surface area is 122 Å². The summed E-state index contributed by atoms with van der Waals surface area (Å²) in [6.07, 6.45) is 2.29. The molecule has 1 rings (SSSR count). The summed E-state index contributed by atoms with van der Waals surface area (Å²) in [5.74, 6) is -1.10. The Balaban J connectivity index is 2.91. The number of rotatable bonds is 6. The molecule has 0 spiro atoms. The van der Waals surface area contributed by atoms with Crippen LogP contribution in [0.2, 0.25) is 5.02 Å². The number of anilines is 1. The van der Waals surface area contributed by atoms with E-state index in [0.29, 0.717) is 17.1 Å². The highest BCUT2D eigenvalue weighted by Gasteiger charge is 2.20. The number of amides is 2. The number of carbonyl (C=O) groups is 2. The summed E-state index contributed by atoms with van der Waals surface area (Å²) in [5, 5.41) is 12.1. The lowest BCUT2D eigenvalue weighted by atomic mass is 10.2. The van der Waals surface area contributed by atoms with Gasteiger partial charge in [-0.05, 0) is 31.5 Å². The first kappa shape index (κ1) is 16.0. The Hall–Kier alpha value is -2.01. The largest absolute Gasteiger partial charge is 0.480 e. The Morgan fingerprint density at radius 2 is 2.25 bits per heavy atom. The van der Waals surface area contributed by atoms with Crippen LogP contribution in [-0.2, 0) is 4.79 Å². The Kier molecular flexibility index (Phi) is 6.06. The quantitative estimate of drug-likeness (QED) is 0.793. The van der Waals surface area contributed by atoms with Gasteiger partial charge in [0.1, 0.15) is 6.54 Å². The maximum atomic E-state index is 12.1. The summed E-state index contributed by atoms with van der Waals surface area (Å²) in [6.45, 7) is 4.97. The molecular formula is C14H17ClN2O3. The minimum absolute atomic E-state index is 0.129. The van der Waals surface area contributed by atoms with Gasteiger partial charge in [0.05, 0.1) is 0 Å². The summed E-state index contributed by atoms with van der Waals surface area (Å²) in [6, 6.07) is 5.88. The monoisotopic (exact) mass is 296 g/mol. The zero-order valence-electron chi connectivity index (χ0n) is 11.2. The molecule has 1 aromatic carbocycles. The molecule has 0 bridgehead atoms. The minimum Gasteiger partial charge on any atom is -0.480 e. The SMILES string of the molecule is C=CCC(C)NC(=O)N(CC(=O)O)c1cccc(Cl)c1. The molecule has 2 N–H and O–H groups in total. The van der Waals surface area contributed by atoms with E-state index in [0.717, 1.165) is 4.90 Å². The molecule has 1 atom stereocenters. The molecule has 5 nitrogen and oxygen atoms in total. The molecule has 0 heterocycles. The van der Waals surface area contributed by atoms with Crippen molar-refractivity contribution in [2.75, 3.05) is 11.4 Å². The number of carbonyl (C=O) groups excluding carboxylic acids is 1. The Morgan fingerprint density at radius 1 is 1.55 bits per heavy atom. The number of aliphatic carboxylic acids is 1. The van der Waals surface area contributed by atoms with E-state index < -0.39 is 18.5 Å². The van der Waals surface area contributed by atoms with Crippen LogP contribution in [0.15, 0.2) is 36.9 Å². The van der Waals surface area contributed by atoms with Crippen molar-refractivity contribution >= 4 is 29.3 Å². The summed E-state index contributed by atoms with van der Waals surface area (Å²) in [4.78, 5) is 24.2. The molecule has 6 heteroatoms. The van der Waals surface area contributed by atoms with Gasteiger partial charge in [-0.3, -0.25) is 9.69 Å². The van der Waals surface area contributed by atoms with Gasteiger partial charge in [0.15, 0.2) is 0 Å². The zero-order chi connectivity index (χ0) is 15.1. The number of carboxylic acids is 1. The number of hydrogen-bond donors (Lipinski definition) is 2. The van der Waals surface area contributed by atoms with Crippen LogP contribution in [0, 0.1) is 0 Å². The molecule has 0 aromatic heterocycles. The van der Waals surface area contributed by atoms with Crippen LogP contribution in [0.5, 0.6) is 0 Å². The normalized spacial score (nSPS) is 11.5. The Morgan fingerprint density at radius 3 is 2.80 bits per heavy atom.